The number of hydrogen-bond donors (Lipinski definition) is 0. The third-order valence-corrected chi connectivity index (χ3v) is 0. The van der Waals surface area contributed by atoms with Crippen molar-refractivity contribution in [1.29, 1.82) is 0 Å². The van der Waals surface area contributed by atoms with Crippen LogP contribution < -0.4 is 0 Å². The molecule has 0 saturated carbocycles. The van der Waals surface area contributed by atoms with Crippen LogP contribution in [0.3, 0.4) is 0 Å². The molecule has 0 unspecified atom stereocenters. The normalized spacial score (nSPS) is 0. The zero-order valence-electron chi connectivity index (χ0n) is 3.21. The fourth-order valence-electron chi connectivity index (χ4n) is 0. The maximum atomic E-state index is 0. The summed E-state index contributed by atoms with van der Waals surface area (Å²) >= 11 is 0. The van der Waals surface area contributed by atoms with E-state index >= 15 is 0 Å². The van der Waals surface area contributed by atoms with Crippen molar-refractivity contribution in [3.8, 4) is 0 Å². The Balaban J connectivity index is 0. The minimum atomic E-state index is 0. The van der Waals surface area contributed by atoms with Crippen LogP contribution >= 0.6 is 0 Å². The molecule has 0 amide bonds. The van der Waals surface area contributed by atoms with Crippen LogP contribution in [0.5, 0.6) is 0 Å². The molecule has 0 aliphatic carbocycles. The fourth-order valence-corrected chi connectivity index (χ4v) is 0. The SMILES string of the molecule is O.O.O.[Ce].[Ce].[PbH2]. The second-order valence-corrected chi connectivity index (χ2v) is 0. The molecular weight excluding hydrogens is 535 g/mol. The summed E-state index contributed by atoms with van der Waals surface area (Å²) in [5.74, 6) is 0. The Labute approximate surface area is 124 Å². The molecule has 0 aliphatic rings. The van der Waals surface area contributed by atoms with Gasteiger partial charge in [0.1, 0.15) is 0 Å². The van der Waals surface area contributed by atoms with Gasteiger partial charge in [-0.3, -0.25) is 0 Å². The van der Waals surface area contributed by atoms with Crippen LogP contribution in [0.4, 0.5) is 0 Å². The van der Waals surface area contributed by atoms with Gasteiger partial charge < -0.3 is 16.4 Å². The van der Waals surface area contributed by atoms with Crippen LogP contribution in [0, 0.1) is 83.5 Å². The van der Waals surface area contributed by atoms with Gasteiger partial charge in [0.25, 0.3) is 0 Å². The molecule has 0 aromatic heterocycles. The molecule has 0 atom stereocenters. The van der Waals surface area contributed by atoms with Crippen molar-refractivity contribution >= 4 is 27.3 Å². The van der Waals surface area contributed by atoms with E-state index in [2.05, 4.69) is 0 Å². The first-order valence-electron chi connectivity index (χ1n) is 0. The second-order valence-electron chi connectivity index (χ2n) is 0. The average molecular weight is 543 g/mol. The Bertz CT molecular complexity index is 8.75. The third kappa shape index (κ3) is 25.7. The Hall–Kier alpha value is 3.56. The van der Waals surface area contributed by atoms with Crippen molar-refractivity contribution < 1.29 is 99.9 Å². The predicted molar refractivity (Wildman–Crippen MR) is 19.4 cm³/mol. The molecule has 0 saturated heterocycles. The zero-order valence-corrected chi connectivity index (χ0v) is 15.0. The number of hydrogen-bond acceptors (Lipinski definition) is 0. The molecule has 6 N–H and O–H groups in total. The Morgan fingerprint density at radius 3 is 0.500 bits per heavy atom. The number of rotatable bonds is 0. The first-order valence-corrected chi connectivity index (χ1v) is 0. The van der Waals surface area contributed by atoms with Gasteiger partial charge in [0.15, 0.2) is 0 Å². The van der Waals surface area contributed by atoms with Crippen molar-refractivity contribution in [2.75, 3.05) is 0 Å². The van der Waals surface area contributed by atoms with Crippen LogP contribution in [0.25, 0.3) is 0 Å². The van der Waals surface area contributed by atoms with Crippen molar-refractivity contribution in [2.45, 2.75) is 0 Å². The Morgan fingerprint density at radius 2 is 0.500 bits per heavy atom. The van der Waals surface area contributed by atoms with E-state index in [0.717, 1.165) is 0 Å². The molecule has 0 bridgehead atoms. The van der Waals surface area contributed by atoms with Gasteiger partial charge in [-0.2, -0.15) is 0 Å². The molecule has 0 aromatic rings. The summed E-state index contributed by atoms with van der Waals surface area (Å²) in [5, 5.41) is 0. The summed E-state index contributed by atoms with van der Waals surface area (Å²) in [6, 6.07) is 0. The topological polar surface area (TPSA) is 94.5 Å². The average Bonchev–Trinajstić information content (AvgIpc) is 0. The molecular formula is H8Ce2O3Pb. The van der Waals surface area contributed by atoms with Gasteiger partial charge >= 0.3 is 27.3 Å². The molecule has 38 valence electrons. The molecule has 2 radical (unpaired) electrons. The van der Waals surface area contributed by atoms with Crippen molar-refractivity contribution in [1.82, 2.24) is 0 Å². The van der Waals surface area contributed by atoms with E-state index in [1.165, 1.54) is 0 Å². The van der Waals surface area contributed by atoms with E-state index in [1.807, 2.05) is 0 Å². The van der Waals surface area contributed by atoms with Gasteiger partial charge in [0, 0.05) is 83.5 Å². The summed E-state index contributed by atoms with van der Waals surface area (Å²) in [5.41, 5.74) is 0. The molecule has 0 spiro atoms. The molecule has 0 aliphatic heterocycles. The summed E-state index contributed by atoms with van der Waals surface area (Å²) in [6.45, 7) is 0. The van der Waals surface area contributed by atoms with Gasteiger partial charge in [-0.1, -0.05) is 0 Å². The third-order valence-electron chi connectivity index (χ3n) is 0. The standard InChI is InChI=1S/2Ce.3H2O.Pb.2H/h;;3*1H2;;;. The molecule has 0 fully saturated rings. The van der Waals surface area contributed by atoms with Gasteiger partial charge in [-0.05, 0) is 0 Å². The van der Waals surface area contributed by atoms with E-state index < -0.39 is 0 Å². The fraction of sp³-hybridized carbons (Fsp3) is 0. The van der Waals surface area contributed by atoms with Crippen molar-refractivity contribution in [3.05, 3.63) is 0 Å². The minimum absolute atomic E-state index is 0. The quantitative estimate of drug-likeness (QED) is 0.285. The summed E-state index contributed by atoms with van der Waals surface area (Å²) in [6.07, 6.45) is 0. The first-order chi connectivity index (χ1) is 0. The van der Waals surface area contributed by atoms with Gasteiger partial charge in [0.05, 0.1) is 0 Å². The van der Waals surface area contributed by atoms with Crippen LogP contribution in [-0.2, 0) is 0 Å². The van der Waals surface area contributed by atoms with Crippen LogP contribution in [0.2, 0.25) is 0 Å². The summed E-state index contributed by atoms with van der Waals surface area (Å²) < 4.78 is 0. The van der Waals surface area contributed by atoms with E-state index in [0.29, 0.717) is 0 Å². The molecule has 6 heavy (non-hydrogen) atoms. The van der Waals surface area contributed by atoms with Gasteiger partial charge in [-0.25, -0.2) is 0 Å². The molecule has 0 heterocycles. The zero-order chi connectivity index (χ0) is 0. The van der Waals surface area contributed by atoms with E-state index in [4.69, 9.17) is 0 Å². The van der Waals surface area contributed by atoms with Gasteiger partial charge in [-0.15, -0.1) is 0 Å². The van der Waals surface area contributed by atoms with E-state index in [9.17, 15) is 0 Å². The van der Waals surface area contributed by atoms with Gasteiger partial charge in [0.2, 0.25) is 0 Å². The van der Waals surface area contributed by atoms with Crippen molar-refractivity contribution in [2.24, 2.45) is 0 Å². The molecule has 6 heteroatoms. The van der Waals surface area contributed by atoms with Crippen LogP contribution in [0.1, 0.15) is 0 Å². The molecule has 0 rings (SSSR count). The van der Waals surface area contributed by atoms with Crippen molar-refractivity contribution in [3.63, 3.8) is 0 Å². The Kier molecular flexibility index (Phi) is 356. The van der Waals surface area contributed by atoms with E-state index in [-0.39, 0.29) is 127 Å². The first kappa shape index (κ1) is 55.3. The van der Waals surface area contributed by atoms with Crippen LogP contribution in [0.15, 0.2) is 0 Å². The van der Waals surface area contributed by atoms with E-state index in [1.54, 1.807) is 0 Å². The molecule has 3 nitrogen and oxygen atoms in total. The predicted octanol–water partition coefficient (Wildman–Crippen LogP) is -3.39. The Morgan fingerprint density at radius 1 is 0.500 bits per heavy atom. The maximum absolute atomic E-state index is 0. The monoisotopic (exact) mass is 544 g/mol. The van der Waals surface area contributed by atoms with Crippen LogP contribution in [-0.4, -0.2) is 43.7 Å². The summed E-state index contributed by atoms with van der Waals surface area (Å²) in [4.78, 5) is 0. The summed E-state index contributed by atoms with van der Waals surface area (Å²) in [7, 11) is 0. The second kappa shape index (κ2) is 38.6. The molecule has 0 aromatic carbocycles.